The number of rotatable bonds is 5. The number of carbonyl (C=O) groups is 2. The van der Waals surface area contributed by atoms with Crippen LogP contribution < -0.4 is 5.32 Å². The number of amides is 2. The number of nitrogens with zero attached hydrogens (tertiary/aromatic N) is 2. The fourth-order valence-electron chi connectivity index (χ4n) is 4.51. The molecule has 1 N–H and O–H groups in total. The number of benzene rings is 1. The van der Waals surface area contributed by atoms with Crippen molar-refractivity contribution < 1.29 is 9.59 Å². The van der Waals surface area contributed by atoms with Crippen molar-refractivity contribution in [2.75, 3.05) is 25.0 Å². The lowest BCUT2D eigenvalue weighted by Gasteiger charge is -2.35. The molecule has 1 aromatic rings. The molecular formula is C21H31N3O2. The highest BCUT2D eigenvalue weighted by Crippen LogP contribution is 2.36. The van der Waals surface area contributed by atoms with Crippen molar-refractivity contribution in [3.05, 3.63) is 29.8 Å². The van der Waals surface area contributed by atoms with Crippen LogP contribution in [0.25, 0.3) is 0 Å². The van der Waals surface area contributed by atoms with Gasteiger partial charge in [0, 0.05) is 32.2 Å². The Morgan fingerprint density at radius 2 is 1.88 bits per heavy atom. The van der Waals surface area contributed by atoms with E-state index in [1.54, 1.807) is 6.92 Å². The van der Waals surface area contributed by atoms with Gasteiger partial charge in [0.05, 0.1) is 6.04 Å². The van der Waals surface area contributed by atoms with Crippen molar-refractivity contribution >= 4 is 17.5 Å². The minimum absolute atomic E-state index is 0.0974. The van der Waals surface area contributed by atoms with Crippen LogP contribution in [0, 0.1) is 6.92 Å². The largest absolute Gasteiger partial charge is 0.371 e. The van der Waals surface area contributed by atoms with Gasteiger partial charge >= 0.3 is 0 Å². The van der Waals surface area contributed by atoms with Gasteiger partial charge in [-0.15, -0.1) is 0 Å². The second kappa shape index (κ2) is 7.68. The first kappa shape index (κ1) is 18.7. The Labute approximate surface area is 156 Å². The van der Waals surface area contributed by atoms with Gasteiger partial charge in [-0.1, -0.05) is 30.5 Å². The first-order valence-corrected chi connectivity index (χ1v) is 9.86. The number of nitrogens with one attached hydrogen (secondary N) is 1. The van der Waals surface area contributed by atoms with E-state index in [0.29, 0.717) is 13.1 Å². The third kappa shape index (κ3) is 3.71. The van der Waals surface area contributed by atoms with Crippen LogP contribution in [-0.2, 0) is 9.59 Å². The van der Waals surface area contributed by atoms with Gasteiger partial charge in [0.2, 0.25) is 11.8 Å². The van der Waals surface area contributed by atoms with E-state index in [1.165, 1.54) is 5.56 Å². The third-order valence-corrected chi connectivity index (χ3v) is 5.94. The maximum Gasteiger partial charge on any atom is 0.248 e. The summed E-state index contributed by atoms with van der Waals surface area (Å²) in [4.78, 5) is 29.1. The summed E-state index contributed by atoms with van der Waals surface area (Å²) < 4.78 is 0. The van der Waals surface area contributed by atoms with Crippen LogP contribution in [0.1, 0.15) is 51.5 Å². The smallest absolute Gasteiger partial charge is 0.248 e. The van der Waals surface area contributed by atoms with Crippen molar-refractivity contribution in [3.63, 3.8) is 0 Å². The molecular weight excluding hydrogens is 326 g/mol. The number of likely N-dealkylation sites (N-methyl/N-ethyl adjacent to an activating group) is 1. The highest BCUT2D eigenvalue weighted by Gasteiger charge is 2.45. The van der Waals surface area contributed by atoms with Crippen LogP contribution >= 0.6 is 0 Å². The van der Waals surface area contributed by atoms with Gasteiger partial charge in [-0.2, -0.15) is 0 Å². The quantitative estimate of drug-likeness (QED) is 0.880. The van der Waals surface area contributed by atoms with Gasteiger partial charge in [-0.3, -0.25) is 9.59 Å². The summed E-state index contributed by atoms with van der Waals surface area (Å²) in [5.41, 5.74) is 1.74. The molecule has 0 radical (unpaired) electrons. The number of anilines is 1. The molecule has 3 rings (SSSR count). The average molecular weight is 357 g/mol. The Morgan fingerprint density at radius 3 is 2.46 bits per heavy atom. The molecule has 5 nitrogen and oxygen atoms in total. The van der Waals surface area contributed by atoms with E-state index in [0.717, 1.165) is 44.3 Å². The van der Waals surface area contributed by atoms with E-state index in [4.69, 9.17) is 0 Å². The monoisotopic (exact) mass is 357 g/mol. The molecule has 2 fully saturated rings. The lowest BCUT2D eigenvalue weighted by molar-refractivity contribution is -0.136. The van der Waals surface area contributed by atoms with Crippen LogP contribution in [0.15, 0.2) is 24.3 Å². The predicted octanol–water partition coefficient (Wildman–Crippen LogP) is 3.19. The number of hydrogen-bond acceptors (Lipinski definition) is 3. The van der Waals surface area contributed by atoms with Crippen LogP contribution in [0.3, 0.4) is 0 Å². The predicted molar refractivity (Wildman–Crippen MR) is 104 cm³/mol. The Hall–Kier alpha value is -2.04. The Balaban J connectivity index is 1.73. The highest BCUT2D eigenvalue weighted by atomic mass is 16.2. The second-order valence-corrected chi connectivity index (χ2v) is 7.78. The fraction of sp³-hybridized carbons (Fsp3) is 0.619. The molecule has 0 unspecified atom stereocenters. The van der Waals surface area contributed by atoms with Gasteiger partial charge in [0.1, 0.15) is 5.54 Å². The van der Waals surface area contributed by atoms with Crippen LogP contribution in [0.2, 0.25) is 0 Å². The first-order valence-electron chi connectivity index (χ1n) is 9.86. The normalized spacial score (nSPS) is 21.7. The lowest BCUT2D eigenvalue weighted by atomic mass is 9.94. The zero-order chi connectivity index (χ0) is 18.7. The second-order valence-electron chi connectivity index (χ2n) is 7.78. The number of aryl methyl sites for hydroxylation is 1. The summed E-state index contributed by atoms with van der Waals surface area (Å²) in [6.07, 6.45) is 4.79. The minimum Gasteiger partial charge on any atom is -0.371 e. The van der Waals surface area contributed by atoms with Crippen molar-refractivity contribution in [1.82, 2.24) is 9.80 Å². The van der Waals surface area contributed by atoms with E-state index >= 15 is 0 Å². The van der Waals surface area contributed by atoms with Gasteiger partial charge < -0.3 is 15.1 Å². The van der Waals surface area contributed by atoms with E-state index in [-0.39, 0.29) is 17.9 Å². The molecule has 26 heavy (non-hydrogen) atoms. The molecule has 2 aliphatic rings. The summed E-state index contributed by atoms with van der Waals surface area (Å²) in [7, 11) is 0. The van der Waals surface area contributed by atoms with Gasteiger partial charge in [-0.05, 0) is 45.2 Å². The van der Waals surface area contributed by atoms with Crippen molar-refractivity contribution in [3.8, 4) is 0 Å². The highest BCUT2D eigenvalue weighted by molar-refractivity contribution is 5.90. The summed E-state index contributed by atoms with van der Waals surface area (Å²) in [5, 5.41) is 3.57. The maximum atomic E-state index is 13.4. The third-order valence-electron chi connectivity index (χ3n) is 5.94. The zero-order valence-corrected chi connectivity index (χ0v) is 16.3. The standard InChI is InChI=1S/C21H31N3O2/c1-4-24(17(3)25)19-11-14-23(15-19)20(26)21(12-5-6-13-21)22-18-9-7-16(2)8-10-18/h7-10,19,22H,4-6,11-15H2,1-3H3/t19-/m1/s1. The molecule has 142 valence electrons. The molecule has 0 spiro atoms. The van der Waals surface area contributed by atoms with E-state index in [1.807, 2.05) is 16.7 Å². The Morgan fingerprint density at radius 1 is 1.23 bits per heavy atom. The fourth-order valence-corrected chi connectivity index (χ4v) is 4.51. The Bertz CT molecular complexity index is 650. The molecule has 1 aromatic carbocycles. The van der Waals surface area contributed by atoms with E-state index in [9.17, 15) is 9.59 Å². The lowest BCUT2D eigenvalue weighted by Crippen LogP contribution is -2.52. The topological polar surface area (TPSA) is 52.7 Å². The van der Waals surface area contributed by atoms with E-state index < -0.39 is 5.54 Å². The van der Waals surface area contributed by atoms with Crippen LogP contribution in [0.4, 0.5) is 5.69 Å². The number of carbonyl (C=O) groups excluding carboxylic acids is 2. The molecule has 0 bridgehead atoms. The molecule has 1 aliphatic heterocycles. The minimum atomic E-state index is -0.489. The molecule has 5 heteroatoms. The van der Waals surface area contributed by atoms with Crippen molar-refractivity contribution in [2.45, 2.75) is 64.5 Å². The maximum absolute atomic E-state index is 13.4. The summed E-state index contributed by atoms with van der Waals surface area (Å²) in [6.45, 7) is 7.79. The molecule has 0 aromatic heterocycles. The molecule has 1 atom stereocenters. The molecule has 2 amide bonds. The number of likely N-dealkylation sites (tertiary alicyclic amines) is 1. The van der Waals surface area contributed by atoms with Crippen LogP contribution in [0.5, 0.6) is 0 Å². The molecule has 1 saturated heterocycles. The SMILES string of the molecule is CCN(C(C)=O)[C@@H]1CCN(C(=O)C2(Nc3ccc(C)cc3)CCCC2)C1. The summed E-state index contributed by atoms with van der Waals surface area (Å²) >= 11 is 0. The van der Waals surface area contributed by atoms with Crippen LogP contribution in [-0.4, -0.2) is 52.8 Å². The van der Waals surface area contributed by atoms with Gasteiger partial charge in [-0.25, -0.2) is 0 Å². The summed E-state index contributed by atoms with van der Waals surface area (Å²) in [5.74, 6) is 0.304. The Kier molecular flexibility index (Phi) is 5.54. The van der Waals surface area contributed by atoms with Gasteiger partial charge in [0.15, 0.2) is 0 Å². The first-order chi connectivity index (χ1) is 12.4. The van der Waals surface area contributed by atoms with E-state index in [2.05, 4.69) is 36.5 Å². The molecule has 1 aliphatic carbocycles. The van der Waals surface area contributed by atoms with Crippen molar-refractivity contribution in [1.29, 1.82) is 0 Å². The average Bonchev–Trinajstić information content (AvgIpc) is 3.27. The number of hydrogen-bond donors (Lipinski definition) is 1. The van der Waals surface area contributed by atoms with Crippen molar-refractivity contribution in [2.24, 2.45) is 0 Å². The summed E-state index contributed by atoms with van der Waals surface area (Å²) in [6, 6.07) is 8.42. The van der Waals surface area contributed by atoms with Gasteiger partial charge in [0.25, 0.3) is 0 Å². The zero-order valence-electron chi connectivity index (χ0n) is 16.3. The molecule has 1 heterocycles. The molecule has 1 saturated carbocycles.